The highest BCUT2D eigenvalue weighted by atomic mass is 32.2. The Bertz CT molecular complexity index is 4020. The molecule has 0 aromatic carbocycles. The zero-order chi connectivity index (χ0) is 96.3. The van der Waals surface area contributed by atoms with E-state index in [1.54, 1.807) is 67.0 Å². The Labute approximate surface area is 730 Å². The number of sulfonamides is 1. The molecule has 708 valence electrons. The highest BCUT2D eigenvalue weighted by Gasteiger charge is 2.52. The average Bonchev–Trinajstić information content (AvgIpc) is 0.843. The molecule has 0 aromatic rings. The third-order valence-corrected chi connectivity index (χ3v) is 23.4. The van der Waals surface area contributed by atoms with Crippen LogP contribution in [0.3, 0.4) is 0 Å². The van der Waals surface area contributed by atoms with Crippen LogP contribution >= 0.6 is 0 Å². The first-order chi connectivity index (χ1) is 58.6. The van der Waals surface area contributed by atoms with Crippen LogP contribution in [0, 0.1) is 130 Å². The van der Waals surface area contributed by atoms with Gasteiger partial charge in [-0.25, -0.2) is 39.0 Å². The van der Waals surface area contributed by atoms with Gasteiger partial charge in [0.2, 0.25) is 53.0 Å². The second-order valence-electron chi connectivity index (χ2n) is 32.7. The van der Waals surface area contributed by atoms with E-state index in [2.05, 4.69) is 33.3 Å². The molecule has 9 aliphatic rings. The van der Waals surface area contributed by atoms with Crippen molar-refractivity contribution < 1.29 is 186 Å². The van der Waals surface area contributed by atoms with E-state index < -0.39 is 236 Å². The number of aliphatic carboxylic acids is 3. The number of nitrogens with one attached hydrogen (secondary N) is 1. The van der Waals surface area contributed by atoms with Gasteiger partial charge in [0.15, 0.2) is 6.61 Å². The number of ether oxygens (including phenoxy) is 15. The number of methoxy groups -OCH3 is 2. The quantitative estimate of drug-likeness (QED) is 0.0307. The average molecular weight is 1820 g/mol. The minimum atomic E-state index is -3.68. The summed E-state index contributed by atoms with van der Waals surface area (Å²) in [6.45, 7) is 32.6. The SMILES string of the molecule is CC(C(=O)NS(C)(=O)=O)C(C)C(=O)OC1CCOC1=O.CC(C(=O)O)C(C)C(=O)OC1C(=O)OCC1(C)C.CC(C(=O)O)C(C)C(=O)OC1C2CC3CC(C2)CC1C3.CC(C(=O)O)C(C)C(=O)OC1CCOC1=O.COC(=O)C(C)C(C)C(=O)OC1CCOC1=O.COC(=O)C(C)C(C)C(=O)OCCC#N.[C-]#[N+]CCOC(=O)C(C)C(C)C(=O)OC1CCOC1=O. The predicted octanol–water partition coefficient (Wildman–Crippen LogP) is 4.70. The zero-order valence-corrected chi connectivity index (χ0v) is 75.2. The van der Waals surface area contributed by atoms with E-state index in [0.717, 1.165) is 18.1 Å². The normalized spacial score (nSPS) is 24.4. The Hall–Kier alpha value is -11.1. The lowest BCUT2D eigenvalue weighted by Gasteiger charge is -2.53. The highest BCUT2D eigenvalue weighted by molar-refractivity contribution is 7.89. The van der Waals surface area contributed by atoms with Crippen molar-refractivity contribution in [3.8, 4) is 6.07 Å². The minimum absolute atomic E-state index is 0.00336. The maximum Gasteiger partial charge on any atom is 0.348 e. The van der Waals surface area contributed by atoms with Crippen molar-refractivity contribution >= 4 is 123 Å². The Morgan fingerprint density at radius 1 is 0.429 bits per heavy atom. The van der Waals surface area contributed by atoms with Crippen molar-refractivity contribution in [2.45, 2.75) is 212 Å². The van der Waals surface area contributed by atoms with E-state index in [4.69, 9.17) is 69.8 Å². The minimum Gasteiger partial charge on any atom is -0.481 e. The fourth-order valence-corrected chi connectivity index (χ4v) is 13.6. The maximum absolute atomic E-state index is 12.2. The predicted molar refractivity (Wildman–Crippen MR) is 425 cm³/mol. The molecule has 4 bridgehead atoms. The summed E-state index contributed by atoms with van der Waals surface area (Å²) in [5.74, 6) is -19.7. The molecule has 9 rings (SSSR count). The molecule has 4 aliphatic carbocycles. The molecule has 5 heterocycles. The van der Waals surface area contributed by atoms with E-state index in [1.807, 2.05) is 6.07 Å². The van der Waals surface area contributed by atoms with E-state index >= 15 is 0 Å². The Morgan fingerprint density at radius 2 is 0.714 bits per heavy atom. The molecular weight excluding hydrogens is 1690 g/mol. The maximum atomic E-state index is 12.2. The van der Waals surface area contributed by atoms with Gasteiger partial charge in [0.25, 0.3) is 0 Å². The number of esters is 15. The van der Waals surface area contributed by atoms with E-state index in [-0.39, 0.29) is 77.7 Å². The molecule has 9 fully saturated rings. The van der Waals surface area contributed by atoms with Crippen LogP contribution in [0.15, 0.2) is 0 Å². The highest BCUT2D eigenvalue weighted by Crippen LogP contribution is 2.55. The second-order valence-corrected chi connectivity index (χ2v) is 34.5. The summed E-state index contributed by atoms with van der Waals surface area (Å²) in [5, 5.41) is 34.8. The molecule has 0 radical (unpaired) electrons. The van der Waals surface area contributed by atoms with Crippen LogP contribution in [-0.2, 0) is 172 Å². The van der Waals surface area contributed by atoms with Crippen molar-refractivity contribution in [2.24, 2.45) is 112 Å². The Morgan fingerprint density at radius 3 is 0.984 bits per heavy atom. The van der Waals surface area contributed by atoms with Gasteiger partial charge in [0.1, 0.15) is 19.3 Å². The Kier molecular flexibility index (Phi) is 46.4. The summed E-state index contributed by atoms with van der Waals surface area (Å²) < 4.78 is 96.5. The summed E-state index contributed by atoms with van der Waals surface area (Å²) >= 11 is 0. The lowest BCUT2D eigenvalue weighted by atomic mass is 9.55. The van der Waals surface area contributed by atoms with Gasteiger partial charge in [-0.05, 0) is 55.8 Å². The smallest absolute Gasteiger partial charge is 0.348 e. The molecule has 1 amide bonds. The lowest BCUT2D eigenvalue weighted by molar-refractivity contribution is -0.178. The fourth-order valence-electron chi connectivity index (χ4n) is 13.0. The van der Waals surface area contributed by atoms with Crippen molar-refractivity contribution in [1.29, 1.82) is 5.26 Å². The first kappa shape index (κ1) is 111. The molecule has 43 heteroatoms. The van der Waals surface area contributed by atoms with Gasteiger partial charge in [-0.15, -0.1) is 0 Å². The first-order valence-electron chi connectivity index (χ1n) is 41.1. The van der Waals surface area contributed by atoms with Crippen LogP contribution < -0.4 is 4.72 Å². The van der Waals surface area contributed by atoms with Gasteiger partial charge >= 0.3 is 107 Å². The monoisotopic (exact) mass is 1820 g/mol. The van der Waals surface area contributed by atoms with Crippen LogP contribution in [0.5, 0.6) is 0 Å². The molecule has 0 aromatic heterocycles. The number of hydrogen-bond donors (Lipinski definition) is 4. The van der Waals surface area contributed by atoms with Crippen LogP contribution in [0.2, 0.25) is 0 Å². The third-order valence-electron chi connectivity index (χ3n) is 22.9. The molecule has 126 heavy (non-hydrogen) atoms. The van der Waals surface area contributed by atoms with Gasteiger partial charge in [-0.2, -0.15) is 5.26 Å². The number of nitrogens with zero attached hydrogens (tertiary/aromatic N) is 2. The molecular formula is C83H121N3O39S. The standard InChI is InChI=1S/C16H24O4.C13H17NO6.C12H18O6.C11H17NO7S.C11H16O6.C10H15NO4.C10H14O6/c1-8(15(17)18)9(2)16(19)20-14-12-4-10-3-11(6-12)7-13(14)5-10;1-8(11(15)19-7-5-14-3)9(2)12(16)20-10-4-6-18-13(10)17;1-6(9(13)14)7(2)10(15)18-8-11(16)17-5-12(8,3)4;1-6(9(13)12-20(3,16)17)7(2)10(14)19-8-4-5-18-11(8)15;1-6(9(12)15-3)7(2)10(13)17-8-4-5-16-11(8)14;1-7(9(12)14-3)8(2)10(13)15-6-4-5-11;1-5(8(11)12)6(2)9(13)16-7-3-4-15-10(7)14/h8-14H,3-7H2,1-2H3,(H,17,18);8-10H,4-7H2,1-2H3;6-8H,5H2,1-4H3,(H,13,14);6-8H,4-5H2,1-3H3,(H,12,13);6-8H,4-5H2,1-3H3;7-8H,4,6H2,1-3H3;5-7H,3-4H2,1-2H3,(H,11,12). The van der Waals surface area contributed by atoms with Crippen LogP contribution in [0.4, 0.5) is 0 Å². The van der Waals surface area contributed by atoms with E-state index in [1.165, 1.54) is 94.8 Å². The third kappa shape index (κ3) is 35.4. The van der Waals surface area contributed by atoms with Gasteiger partial charge in [-0.1, -0.05) is 111 Å². The largest absolute Gasteiger partial charge is 0.481 e. The van der Waals surface area contributed by atoms with E-state index in [9.17, 15) is 99.5 Å². The number of amides is 1. The van der Waals surface area contributed by atoms with Gasteiger partial charge in [0, 0.05) is 37.0 Å². The fraction of sp³-hybridized carbons (Fsp3) is 0.747. The summed E-state index contributed by atoms with van der Waals surface area (Å²) in [6.07, 6.45) is 4.04. The summed E-state index contributed by atoms with van der Waals surface area (Å²) in [5.41, 5.74) is -0.584. The second kappa shape index (κ2) is 52.7. The summed E-state index contributed by atoms with van der Waals surface area (Å²) in [7, 11) is -1.16. The molecule has 5 saturated heterocycles. The molecule has 0 spiro atoms. The van der Waals surface area contributed by atoms with Gasteiger partial charge in [-0.3, -0.25) is 71.8 Å². The first-order valence-corrected chi connectivity index (χ1v) is 43.0. The zero-order valence-electron chi connectivity index (χ0n) is 74.4. The molecule has 42 nitrogen and oxygen atoms in total. The van der Waals surface area contributed by atoms with Crippen molar-refractivity contribution in [3.05, 3.63) is 11.4 Å². The number of cyclic esters (lactones) is 5. The molecule has 4 saturated carbocycles. The number of carbonyl (C=O) groups excluding carboxylic acids is 16. The molecule has 19 unspecified atom stereocenters. The lowest BCUT2D eigenvalue weighted by Crippen LogP contribution is -2.50. The van der Waals surface area contributed by atoms with Crippen LogP contribution in [0.1, 0.15) is 175 Å². The van der Waals surface area contributed by atoms with Crippen LogP contribution in [0.25, 0.3) is 4.85 Å². The topological polar surface area (TPSA) is 598 Å². The molecule has 5 aliphatic heterocycles. The number of carboxylic acid groups (broad SMARTS) is 3. The summed E-state index contributed by atoms with van der Waals surface area (Å²) in [4.78, 5) is 219. The van der Waals surface area contributed by atoms with Crippen molar-refractivity contribution in [2.75, 3.05) is 73.3 Å². The van der Waals surface area contributed by atoms with Gasteiger partial charge < -0.3 is 91.2 Å². The van der Waals surface area contributed by atoms with Gasteiger partial charge in [0.05, 0.1) is 136 Å². The number of hydrogen-bond acceptors (Lipinski definition) is 37. The molecule has 4 N–H and O–H groups in total. The molecule has 19 atom stereocenters. The summed E-state index contributed by atoms with van der Waals surface area (Å²) in [6, 6.07) is 1.86. The van der Waals surface area contributed by atoms with E-state index in [0.29, 0.717) is 31.1 Å². The number of carboxylic acids is 3. The van der Waals surface area contributed by atoms with Crippen molar-refractivity contribution in [1.82, 2.24) is 4.72 Å². The Balaban J connectivity index is 0.000000499. The number of nitriles is 1. The van der Waals surface area contributed by atoms with Crippen LogP contribution in [-0.4, -0.2) is 247 Å². The number of rotatable bonds is 32. The van der Waals surface area contributed by atoms with Crippen molar-refractivity contribution in [3.63, 3.8) is 0 Å². The number of carbonyl (C=O) groups is 19.